The van der Waals surface area contributed by atoms with Gasteiger partial charge in [0.1, 0.15) is 11.4 Å². The Labute approximate surface area is 73.9 Å². The normalized spacial score (nSPS) is 15.8. The fraction of sp³-hybridized carbons (Fsp3) is 0.286. The molecule has 2 rings (SSSR count). The van der Waals surface area contributed by atoms with Gasteiger partial charge in [0.25, 0.3) is 5.91 Å². The first-order valence-electron chi connectivity index (χ1n) is 3.78. The molecule has 0 spiro atoms. The number of carbonyl (C=O) groups excluding carboxylic acids is 2. The van der Waals surface area contributed by atoms with Crippen molar-refractivity contribution >= 4 is 17.6 Å². The Kier molecular flexibility index (Phi) is 1.54. The van der Waals surface area contributed by atoms with Crippen LogP contribution in [0, 0.1) is 0 Å². The number of aromatic nitrogens is 2. The van der Waals surface area contributed by atoms with Gasteiger partial charge in [-0.05, 0) is 0 Å². The number of fused-ring (bicyclic) bond motifs is 1. The molecular formula is C7H8N4O2. The van der Waals surface area contributed by atoms with Crippen LogP contribution in [-0.2, 0) is 11.8 Å². The van der Waals surface area contributed by atoms with E-state index in [-0.39, 0.29) is 18.4 Å². The van der Waals surface area contributed by atoms with E-state index in [4.69, 9.17) is 0 Å². The number of aryl methyl sites for hydroxylation is 1. The number of hydrogen-bond donors (Lipinski definition) is 2. The first-order chi connectivity index (χ1) is 6.18. The van der Waals surface area contributed by atoms with Crippen LogP contribution in [0.3, 0.4) is 0 Å². The molecule has 13 heavy (non-hydrogen) atoms. The van der Waals surface area contributed by atoms with Gasteiger partial charge in [-0.2, -0.15) is 5.10 Å². The lowest BCUT2D eigenvalue weighted by atomic mass is 10.3. The molecule has 0 atom stereocenters. The third-order valence-corrected chi connectivity index (χ3v) is 1.85. The van der Waals surface area contributed by atoms with E-state index < -0.39 is 0 Å². The van der Waals surface area contributed by atoms with Gasteiger partial charge in [0.05, 0.1) is 12.7 Å². The fourth-order valence-corrected chi connectivity index (χ4v) is 1.18. The minimum Gasteiger partial charge on any atom is -0.343 e. The predicted octanol–water partition coefficient (Wildman–Crippen LogP) is -0.898. The molecule has 6 heteroatoms. The molecule has 1 aliphatic rings. The largest absolute Gasteiger partial charge is 0.343 e. The summed E-state index contributed by atoms with van der Waals surface area (Å²) in [7, 11) is 1.66. The van der Waals surface area contributed by atoms with Crippen LogP contribution in [0.15, 0.2) is 6.20 Å². The van der Waals surface area contributed by atoms with Crippen LogP contribution in [0.25, 0.3) is 0 Å². The lowest BCUT2D eigenvalue weighted by Crippen LogP contribution is -2.28. The van der Waals surface area contributed by atoms with Gasteiger partial charge < -0.3 is 10.6 Å². The summed E-state index contributed by atoms with van der Waals surface area (Å²) >= 11 is 0. The van der Waals surface area contributed by atoms with Gasteiger partial charge in [0, 0.05) is 7.05 Å². The van der Waals surface area contributed by atoms with Gasteiger partial charge in [-0.15, -0.1) is 0 Å². The van der Waals surface area contributed by atoms with E-state index in [9.17, 15) is 9.59 Å². The molecule has 68 valence electrons. The standard InChI is InChI=1S/C7H8N4O2/c1-11-6-4(2-9-11)7(13)8-3-5(12)10-6/h2H,3H2,1H3,(H,8,13)(H,10,12). The first-order valence-corrected chi connectivity index (χ1v) is 3.78. The Hall–Kier alpha value is -1.85. The Bertz CT molecular complexity index is 382. The van der Waals surface area contributed by atoms with Gasteiger partial charge >= 0.3 is 0 Å². The summed E-state index contributed by atoms with van der Waals surface area (Å²) in [5.74, 6) is -0.0721. The average molecular weight is 180 g/mol. The molecule has 6 nitrogen and oxygen atoms in total. The van der Waals surface area contributed by atoms with Crippen molar-refractivity contribution in [2.24, 2.45) is 7.05 Å². The quantitative estimate of drug-likeness (QED) is 0.543. The summed E-state index contributed by atoms with van der Waals surface area (Å²) in [4.78, 5) is 22.4. The third-order valence-electron chi connectivity index (χ3n) is 1.85. The van der Waals surface area contributed by atoms with Crippen LogP contribution >= 0.6 is 0 Å². The number of anilines is 1. The molecule has 0 unspecified atom stereocenters. The van der Waals surface area contributed by atoms with E-state index in [1.54, 1.807) is 7.05 Å². The fourth-order valence-electron chi connectivity index (χ4n) is 1.18. The minimum absolute atomic E-state index is 0.00745. The molecule has 0 saturated heterocycles. The van der Waals surface area contributed by atoms with E-state index in [1.165, 1.54) is 10.9 Å². The van der Waals surface area contributed by atoms with Crippen molar-refractivity contribution in [3.05, 3.63) is 11.8 Å². The van der Waals surface area contributed by atoms with Crippen molar-refractivity contribution in [3.63, 3.8) is 0 Å². The Morgan fingerprint density at radius 3 is 3.08 bits per heavy atom. The Morgan fingerprint density at radius 2 is 2.31 bits per heavy atom. The van der Waals surface area contributed by atoms with Gasteiger partial charge in [-0.3, -0.25) is 14.3 Å². The highest BCUT2D eigenvalue weighted by atomic mass is 16.2. The molecule has 0 bridgehead atoms. The highest BCUT2D eigenvalue weighted by Gasteiger charge is 2.21. The second kappa shape index (κ2) is 2.58. The van der Waals surface area contributed by atoms with Crippen LogP contribution < -0.4 is 10.6 Å². The number of carbonyl (C=O) groups is 2. The summed E-state index contributed by atoms with van der Waals surface area (Å²) in [6, 6.07) is 0. The molecule has 0 aliphatic carbocycles. The van der Waals surface area contributed by atoms with Gasteiger partial charge in [0.2, 0.25) is 5.91 Å². The van der Waals surface area contributed by atoms with Crippen LogP contribution in [0.2, 0.25) is 0 Å². The molecule has 0 aromatic carbocycles. The van der Waals surface area contributed by atoms with Crippen molar-refractivity contribution in [1.82, 2.24) is 15.1 Å². The number of hydrogen-bond acceptors (Lipinski definition) is 3. The molecule has 1 aromatic rings. The summed E-state index contributed by atoms with van der Waals surface area (Å²) in [5, 5.41) is 8.90. The van der Waals surface area contributed by atoms with Crippen molar-refractivity contribution in [2.75, 3.05) is 11.9 Å². The summed E-state index contributed by atoms with van der Waals surface area (Å²) in [6.07, 6.45) is 1.43. The zero-order chi connectivity index (χ0) is 9.42. The maximum Gasteiger partial charge on any atom is 0.257 e. The second-order valence-corrected chi connectivity index (χ2v) is 2.76. The summed E-state index contributed by atoms with van der Waals surface area (Å²) in [6.45, 7) is 0.00745. The van der Waals surface area contributed by atoms with E-state index >= 15 is 0 Å². The monoisotopic (exact) mass is 180 g/mol. The topological polar surface area (TPSA) is 76.0 Å². The number of rotatable bonds is 0. The van der Waals surface area contributed by atoms with E-state index in [1.807, 2.05) is 0 Å². The molecule has 2 amide bonds. The van der Waals surface area contributed by atoms with Crippen molar-refractivity contribution in [2.45, 2.75) is 0 Å². The SMILES string of the molecule is Cn1ncc2c1NC(=O)CNC2=O. The molecule has 0 radical (unpaired) electrons. The highest BCUT2D eigenvalue weighted by molar-refractivity contribution is 6.07. The lowest BCUT2D eigenvalue weighted by Gasteiger charge is -2.00. The first kappa shape index (κ1) is 7.78. The molecule has 1 aromatic heterocycles. The third kappa shape index (κ3) is 1.16. The molecule has 1 aliphatic heterocycles. The molecular weight excluding hydrogens is 172 g/mol. The minimum atomic E-state index is -0.276. The number of amides is 2. The summed E-state index contributed by atoms with van der Waals surface area (Å²) < 4.78 is 1.46. The van der Waals surface area contributed by atoms with Crippen LogP contribution in [0.5, 0.6) is 0 Å². The second-order valence-electron chi connectivity index (χ2n) is 2.76. The van der Waals surface area contributed by atoms with Crippen LogP contribution in [0.4, 0.5) is 5.82 Å². The number of nitrogens with one attached hydrogen (secondary N) is 2. The van der Waals surface area contributed by atoms with E-state index in [0.717, 1.165) is 0 Å². The predicted molar refractivity (Wildman–Crippen MR) is 44.2 cm³/mol. The van der Waals surface area contributed by atoms with E-state index in [0.29, 0.717) is 11.4 Å². The van der Waals surface area contributed by atoms with Gasteiger partial charge in [-0.25, -0.2) is 0 Å². The smallest absolute Gasteiger partial charge is 0.257 e. The maximum atomic E-state index is 11.3. The Balaban J connectivity index is 2.51. The molecule has 0 fully saturated rings. The van der Waals surface area contributed by atoms with E-state index in [2.05, 4.69) is 15.7 Å². The van der Waals surface area contributed by atoms with Crippen LogP contribution in [0.1, 0.15) is 10.4 Å². The Morgan fingerprint density at radius 1 is 1.54 bits per heavy atom. The maximum absolute atomic E-state index is 11.3. The highest BCUT2D eigenvalue weighted by Crippen LogP contribution is 2.15. The van der Waals surface area contributed by atoms with Crippen LogP contribution in [-0.4, -0.2) is 28.1 Å². The molecule has 2 N–H and O–H groups in total. The zero-order valence-corrected chi connectivity index (χ0v) is 7.00. The summed E-state index contributed by atoms with van der Waals surface area (Å²) in [5.41, 5.74) is 0.397. The van der Waals surface area contributed by atoms with Gasteiger partial charge in [-0.1, -0.05) is 0 Å². The van der Waals surface area contributed by atoms with Crippen molar-refractivity contribution < 1.29 is 9.59 Å². The lowest BCUT2D eigenvalue weighted by molar-refractivity contribution is -0.115. The molecule has 2 heterocycles. The number of nitrogens with zero attached hydrogens (tertiary/aromatic N) is 2. The van der Waals surface area contributed by atoms with Crippen molar-refractivity contribution in [1.29, 1.82) is 0 Å². The zero-order valence-electron chi connectivity index (χ0n) is 7.00. The van der Waals surface area contributed by atoms with Crippen molar-refractivity contribution in [3.8, 4) is 0 Å². The average Bonchev–Trinajstić information content (AvgIpc) is 2.37. The van der Waals surface area contributed by atoms with Gasteiger partial charge in [0.15, 0.2) is 0 Å². The molecule has 0 saturated carbocycles.